The molecule has 14 nitrogen and oxygen atoms in total. The molecule has 3 aliphatic rings. The Balaban J connectivity index is 1.21. The fourth-order valence-corrected chi connectivity index (χ4v) is 8.52. The first kappa shape index (κ1) is 43.6. The van der Waals surface area contributed by atoms with Gasteiger partial charge in [0.1, 0.15) is 31.5 Å². The molecule has 0 bridgehead atoms. The molecule has 316 valence electrons. The van der Waals surface area contributed by atoms with Crippen LogP contribution in [0, 0.1) is 5.41 Å². The van der Waals surface area contributed by atoms with Gasteiger partial charge in [-0.05, 0) is 38.9 Å². The molecule has 1 saturated heterocycles. The maximum atomic E-state index is 14.4. The average molecular weight is 902 g/mol. The number of alkyl halides is 3. The van der Waals surface area contributed by atoms with E-state index in [-0.39, 0.29) is 45.6 Å². The molecule has 2 heterocycles. The number of alkyl carbamates (subject to hydrolysis) is 1. The number of phosphoric acid groups is 1. The Kier molecular flexibility index (Phi) is 14.2. The third-order valence-electron chi connectivity index (χ3n) is 9.84. The second kappa shape index (κ2) is 19.5. The highest BCUT2D eigenvalue weighted by molar-refractivity contribution is 7.48. The van der Waals surface area contributed by atoms with E-state index in [4.69, 9.17) is 82.2 Å². The van der Waals surface area contributed by atoms with Crippen LogP contribution in [0.4, 0.5) is 9.59 Å². The van der Waals surface area contributed by atoms with Gasteiger partial charge in [-0.3, -0.25) is 19.0 Å². The summed E-state index contributed by atoms with van der Waals surface area (Å²) in [6.07, 6.45) is -7.37. The zero-order chi connectivity index (χ0) is 42.3. The molecular formula is C42H40Cl3N2O12P. The molecular weight excluding hydrogens is 862 g/mol. The van der Waals surface area contributed by atoms with Crippen LogP contribution in [-0.4, -0.2) is 72.4 Å². The second-order valence-corrected chi connectivity index (χ2v) is 17.7. The molecule has 5 atom stereocenters. The number of ether oxygens (including phenoxy) is 6. The minimum atomic E-state index is -4.54. The second-order valence-electron chi connectivity index (χ2n) is 13.7. The van der Waals surface area contributed by atoms with Crippen LogP contribution in [0.2, 0.25) is 0 Å². The van der Waals surface area contributed by atoms with Crippen LogP contribution in [0.5, 0.6) is 0 Å². The Morgan fingerprint density at radius 3 is 2.03 bits per heavy atom. The van der Waals surface area contributed by atoms with Gasteiger partial charge in [0.25, 0.3) is 3.79 Å². The van der Waals surface area contributed by atoms with Crippen molar-refractivity contribution in [3.63, 3.8) is 0 Å². The normalized spacial score (nSPS) is 21.9. The predicted octanol–water partition coefficient (Wildman–Crippen LogP) is 9.15. The minimum absolute atomic E-state index is 0.0806. The Morgan fingerprint density at radius 2 is 1.42 bits per heavy atom. The number of nitrogens with one attached hydrogen (secondary N) is 2. The van der Waals surface area contributed by atoms with Crippen molar-refractivity contribution in [2.24, 2.45) is 0 Å². The van der Waals surface area contributed by atoms with Gasteiger partial charge < -0.3 is 33.7 Å². The molecule has 1 amide bonds. The molecule has 4 aromatic rings. The fraction of sp³-hybridized carbons (Fsp3) is 0.310. The molecule has 0 saturated carbocycles. The van der Waals surface area contributed by atoms with Gasteiger partial charge in [0, 0.05) is 5.92 Å². The van der Waals surface area contributed by atoms with Crippen LogP contribution in [0.15, 0.2) is 116 Å². The predicted molar refractivity (Wildman–Crippen MR) is 221 cm³/mol. The summed E-state index contributed by atoms with van der Waals surface area (Å²) < 4.78 is 64.7. The van der Waals surface area contributed by atoms with Gasteiger partial charge in [-0.1, -0.05) is 151 Å². The molecule has 2 N–H and O–H groups in total. The Morgan fingerprint density at radius 1 is 0.817 bits per heavy atom. The summed E-state index contributed by atoms with van der Waals surface area (Å²) in [5.74, 6) is -1.23. The van der Waals surface area contributed by atoms with Gasteiger partial charge in [0.05, 0.1) is 26.4 Å². The number of carbonyl (C=O) groups is 2. The van der Waals surface area contributed by atoms with Crippen LogP contribution in [-0.2, 0) is 66.4 Å². The maximum Gasteiger partial charge on any atom is 0.509 e. The van der Waals surface area contributed by atoms with Gasteiger partial charge >= 0.3 is 20.1 Å². The number of phosphoric ester groups is 1. The summed E-state index contributed by atoms with van der Waals surface area (Å²) in [4.78, 5) is 27.2. The monoisotopic (exact) mass is 900 g/mol. The third-order valence-corrected chi connectivity index (χ3v) is 11.7. The largest absolute Gasteiger partial charge is 0.509 e. The first-order chi connectivity index (χ1) is 28.9. The molecule has 1 aliphatic carbocycles. The van der Waals surface area contributed by atoms with Gasteiger partial charge in [0.2, 0.25) is 12.2 Å². The molecule has 7 rings (SSSR count). The van der Waals surface area contributed by atoms with Gasteiger partial charge in [0.15, 0.2) is 6.10 Å². The van der Waals surface area contributed by atoms with E-state index in [1.165, 1.54) is 6.08 Å². The highest BCUT2D eigenvalue weighted by Gasteiger charge is 2.55. The number of hydrogen-bond acceptors (Lipinski definition) is 13. The van der Waals surface area contributed by atoms with Crippen molar-refractivity contribution in [1.82, 2.24) is 5.32 Å². The highest BCUT2D eigenvalue weighted by Crippen LogP contribution is 2.55. The van der Waals surface area contributed by atoms with Gasteiger partial charge in [-0.15, -0.1) is 0 Å². The first-order valence-electron chi connectivity index (χ1n) is 18.7. The zero-order valence-electron chi connectivity index (χ0n) is 31.8. The van der Waals surface area contributed by atoms with E-state index >= 15 is 0 Å². The zero-order valence-corrected chi connectivity index (χ0v) is 34.9. The van der Waals surface area contributed by atoms with E-state index < -0.39 is 60.4 Å². The van der Waals surface area contributed by atoms with Crippen molar-refractivity contribution in [2.75, 3.05) is 19.8 Å². The van der Waals surface area contributed by atoms with Crippen molar-refractivity contribution in [2.45, 2.75) is 60.2 Å². The number of halogens is 3. The SMILES string of the molecule is C=CCOC(=O)O[C@@H]1C(NC(=O)OCC2c3ccccc3-c3ccccc32)C(OC(=N)C(Cl)(Cl)Cl)OC(COCc2ccccc2)[C@H]1OP1(=O)OCc2ccccc2CO1. The summed E-state index contributed by atoms with van der Waals surface area (Å²) in [5, 5.41) is 11.1. The van der Waals surface area contributed by atoms with Crippen LogP contribution in [0.3, 0.4) is 0 Å². The molecule has 3 unspecified atom stereocenters. The lowest BCUT2D eigenvalue weighted by molar-refractivity contribution is -0.250. The number of benzene rings is 4. The summed E-state index contributed by atoms with van der Waals surface area (Å²) in [7, 11) is -4.54. The molecule has 2 aliphatic heterocycles. The lowest BCUT2D eigenvalue weighted by Gasteiger charge is -2.45. The topological polar surface area (TPSA) is 170 Å². The molecule has 0 radical (unpaired) electrons. The molecule has 0 spiro atoms. The standard InChI is InChI=1S/C42H40Cl3N2O12P/c1-2-20-52-41(49)57-37-35(47-40(48)53-24-33-31-18-10-8-16-29(31)30-17-9-11-19-32(30)33)38(58-39(46)42(43,44)45)56-34(25-51-21-26-12-4-3-5-13-26)36(37)59-60(50)54-22-27-14-6-7-15-28(27)23-55-60/h2-19,33-38,46H,1,20-25H2,(H,47,48)/t34?,35?,36-,37-,38?/m1/s1. The quantitative estimate of drug-likeness (QED) is 0.0326. The molecule has 1 fully saturated rings. The van der Waals surface area contributed by atoms with E-state index in [1.807, 2.05) is 78.9 Å². The number of carbonyl (C=O) groups excluding carboxylic acids is 2. The Bertz CT molecular complexity index is 2150. The first-order valence-corrected chi connectivity index (χ1v) is 21.3. The van der Waals surface area contributed by atoms with E-state index in [9.17, 15) is 14.2 Å². The van der Waals surface area contributed by atoms with Gasteiger partial charge in [-0.2, -0.15) is 0 Å². The fourth-order valence-electron chi connectivity index (χ4n) is 7.04. The Hall–Kier alpha value is -4.47. The van der Waals surface area contributed by atoms with Crippen LogP contribution >= 0.6 is 42.6 Å². The third kappa shape index (κ3) is 10.5. The van der Waals surface area contributed by atoms with Crippen molar-refractivity contribution in [1.29, 1.82) is 5.41 Å². The lowest BCUT2D eigenvalue weighted by Crippen LogP contribution is -2.67. The summed E-state index contributed by atoms with van der Waals surface area (Å²) >= 11 is 18.1. The van der Waals surface area contributed by atoms with Crippen molar-refractivity contribution in [3.05, 3.63) is 144 Å². The number of rotatable bonds is 13. The number of fused-ring (bicyclic) bond motifs is 4. The van der Waals surface area contributed by atoms with Crippen molar-refractivity contribution < 1.29 is 56.1 Å². The number of amides is 1. The lowest BCUT2D eigenvalue weighted by atomic mass is 9.96. The minimum Gasteiger partial charge on any atom is -0.449 e. The van der Waals surface area contributed by atoms with E-state index in [2.05, 4.69) is 11.9 Å². The van der Waals surface area contributed by atoms with E-state index in [1.54, 1.807) is 24.3 Å². The molecule has 4 aromatic carbocycles. The summed E-state index contributed by atoms with van der Waals surface area (Å²) in [5.41, 5.74) is 6.14. The smallest absolute Gasteiger partial charge is 0.449 e. The summed E-state index contributed by atoms with van der Waals surface area (Å²) in [6, 6.07) is 30.3. The van der Waals surface area contributed by atoms with Crippen LogP contribution in [0.25, 0.3) is 11.1 Å². The van der Waals surface area contributed by atoms with Crippen molar-refractivity contribution in [3.8, 4) is 11.1 Å². The van der Waals surface area contributed by atoms with Gasteiger partial charge in [-0.25, -0.2) is 14.2 Å². The van der Waals surface area contributed by atoms with Crippen LogP contribution in [0.1, 0.15) is 33.7 Å². The Labute approximate surface area is 361 Å². The van der Waals surface area contributed by atoms with Crippen LogP contribution < -0.4 is 5.32 Å². The van der Waals surface area contributed by atoms with Crippen molar-refractivity contribution >= 4 is 60.8 Å². The molecule has 18 heteroatoms. The van der Waals surface area contributed by atoms with E-state index in [0.29, 0.717) is 11.1 Å². The molecule has 60 heavy (non-hydrogen) atoms. The number of hydrogen-bond donors (Lipinski definition) is 2. The highest BCUT2D eigenvalue weighted by atomic mass is 35.6. The molecule has 0 aromatic heterocycles. The summed E-state index contributed by atoms with van der Waals surface area (Å²) in [6.45, 7) is 2.64. The average Bonchev–Trinajstić information content (AvgIpc) is 3.46. The maximum absolute atomic E-state index is 14.4. The van der Waals surface area contributed by atoms with E-state index in [0.717, 1.165) is 27.8 Å².